The molecule has 0 fully saturated rings. The van der Waals surface area contributed by atoms with Gasteiger partial charge in [0.1, 0.15) is 6.07 Å². The predicted molar refractivity (Wildman–Crippen MR) is 57.4 cm³/mol. The Morgan fingerprint density at radius 2 is 2.33 bits per heavy atom. The third-order valence-electron chi connectivity index (χ3n) is 2.27. The van der Waals surface area contributed by atoms with Crippen molar-refractivity contribution in [3.8, 4) is 18.4 Å². The number of nitrogens with zero attached hydrogens (tertiary/aromatic N) is 2. The molecule has 0 saturated carbocycles. The standard InChI is InChI=1S/C12H12N2O/c1-4-6-14-11(5-2)10(8-13)7-12(14)9(3)15/h1,7H,5-6H2,2-3H3. The summed E-state index contributed by atoms with van der Waals surface area (Å²) in [6.45, 7) is 3.75. The molecule has 0 aliphatic heterocycles. The lowest BCUT2D eigenvalue weighted by atomic mass is 10.2. The van der Waals surface area contributed by atoms with Gasteiger partial charge in [-0.15, -0.1) is 6.42 Å². The number of rotatable bonds is 3. The number of hydrogen-bond donors (Lipinski definition) is 0. The van der Waals surface area contributed by atoms with E-state index in [-0.39, 0.29) is 5.78 Å². The summed E-state index contributed by atoms with van der Waals surface area (Å²) in [5.74, 6) is 2.42. The van der Waals surface area contributed by atoms with E-state index in [9.17, 15) is 4.79 Å². The van der Waals surface area contributed by atoms with Crippen molar-refractivity contribution in [3.05, 3.63) is 23.0 Å². The first kappa shape index (κ1) is 11.1. The van der Waals surface area contributed by atoms with Crippen molar-refractivity contribution >= 4 is 5.78 Å². The molecule has 0 radical (unpaired) electrons. The molecule has 15 heavy (non-hydrogen) atoms. The van der Waals surface area contributed by atoms with E-state index in [0.717, 1.165) is 5.69 Å². The number of Topliss-reactive ketones (excluding diaryl/α,β-unsaturated/α-hetero) is 1. The van der Waals surface area contributed by atoms with E-state index in [1.54, 1.807) is 10.6 Å². The summed E-state index contributed by atoms with van der Waals surface area (Å²) in [4.78, 5) is 11.3. The zero-order valence-electron chi connectivity index (χ0n) is 8.87. The summed E-state index contributed by atoms with van der Waals surface area (Å²) in [5.41, 5.74) is 1.89. The number of ketones is 1. The third kappa shape index (κ3) is 1.92. The van der Waals surface area contributed by atoms with Gasteiger partial charge in [-0.3, -0.25) is 4.79 Å². The van der Waals surface area contributed by atoms with Crippen molar-refractivity contribution in [1.82, 2.24) is 4.57 Å². The van der Waals surface area contributed by atoms with Gasteiger partial charge in [-0.25, -0.2) is 0 Å². The fourth-order valence-electron chi connectivity index (χ4n) is 1.63. The SMILES string of the molecule is C#CCn1c(C(C)=O)cc(C#N)c1CC. The second-order valence-corrected chi connectivity index (χ2v) is 3.20. The van der Waals surface area contributed by atoms with Gasteiger partial charge in [-0.2, -0.15) is 5.26 Å². The molecule has 3 nitrogen and oxygen atoms in total. The Kier molecular flexibility index (Phi) is 3.31. The van der Waals surface area contributed by atoms with Crippen LogP contribution in [0.25, 0.3) is 0 Å². The van der Waals surface area contributed by atoms with Gasteiger partial charge in [-0.05, 0) is 12.5 Å². The molecule has 1 rings (SSSR count). The van der Waals surface area contributed by atoms with E-state index >= 15 is 0 Å². The van der Waals surface area contributed by atoms with Crippen LogP contribution in [0.3, 0.4) is 0 Å². The highest BCUT2D eigenvalue weighted by atomic mass is 16.1. The highest BCUT2D eigenvalue weighted by Crippen LogP contribution is 2.16. The van der Waals surface area contributed by atoms with Crippen LogP contribution in [-0.2, 0) is 13.0 Å². The maximum absolute atomic E-state index is 11.3. The molecule has 0 saturated heterocycles. The van der Waals surface area contributed by atoms with Crippen molar-refractivity contribution < 1.29 is 4.79 Å². The highest BCUT2D eigenvalue weighted by Gasteiger charge is 2.15. The zero-order chi connectivity index (χ0) is 11.4. The van der Waals surface area contributed by atoms with Crippen LogP contribution in [0.1, 0.15) is 35.6 Å². The smallest absolute Gasteiger partial charge is 0.176 e. The molecule has 0 bridgehead atoms. The molecule has 0 aliphatic carbocycles. The third-order valence-corrected chi connectivity index (χ3v) is 2.27. The Morgan fingerprint density at radius 1 is 1.67 bits per heavy atom. The molecule has 0 aliphatic rings. The van der Waals surface area contributed by atoms with Crippen molar-refractivity contribution in [1.29, 1.82) is 5.26 Å². The molecule has 0 amide bonds. The molecule has 0 aromatic carbocycles. The van der Waals surface area contributed by atoms with E-state index in [0.29, 0.717) is 24.2 Å². The first-order chi connectivity index (χ1) is 7.15. The maximum atomic E-state index is 11.3. The van der Waals surface area contributed by atoms with Gasteiger partial charge in [0.2, 0.25) is 0 Å². The minimum Gasteiger partial charge on any atom is -0.329 e. The maximum Gasteiger partial charge on any atom is 0.176 e. The molecule has 0 spiro atoms. The van der Waals surface area contributed by atoms with Crippen LogP contribution in [0.4, 0.5) is 0 Å². The number of hydrogen-bond acceptors (Lipinski definition) is 2. The lowest BCUT2D eigenvalue weighted by Gasteiger charge is -2.06. The van der Waals surface area contributed by atoms with Gasteiger partial charge in [-0.1, -0.05) is 12.8 Å². The molecular weight excluding hydrogens is 188 g/mol. The van der Waals surface area contributed by atoms with Crippen molar-refractivity contribution in [2.45, 2.75) is 26.8 Å². The first-order valence-electron chi connectivity index (χ1n) is 4.72. The Morgan fingerprint density at radius 3 is 2.73 bits per heavy atom. The number of aromatic nitrogens is 1. The number of terminal acetylenes is 1. The summed E-state index contributed by atoms with van der Waals surface area (Å²) in [7, 11) is 0. The highest BCUT2D eigenvalue weighted by molar-refractivity contribution is 5.93. The van der Waals surface area contributed by atoms with Crippen LogP contribution in [-0.4, -0.2) is 10.4 Å². The normalized spacial score (nSPS) is 9.33. The van der Waals surface area contributed by atoms with Gasteiger partial charge in [0.25, 0.3) is 0 Å². The zero-order valence-corrected chi connectivity index (χ0v) is 8.87. The fourth-order valence-corrected chi connectivity index (χ4v) is 1.63. The second kappa shape index (κ2) is 4.48. The van der Waals surface area contributed by atoms with Crippen LogP contribution < -0.4 is 0 Å². The molecular formula is C12H12N2O. The quantitative estimate of drug-likeness (QED) is 0.551. The minimum atomic E-state index is -0.0681. The van der Waals surface area contributed by atoms with Gasteiger partial charge in [0.15, 0.2) is 5.78 Å². The topological polar surface area (TPSA) is 45.8 Å². The van der Waals surface area contributed by atoms with E-state index in [1.807, 2.05) is 6.92 Å². The summed E-state index contributed by atoms with van der Waals surface area (Å²) in [5, 5.41) is 8.91. The molecule has 76 valence electrons. The summed E-state index contributed by atoms with van der Waals surface area (Å²) >= 11 is 0. The van der Waals surface area contributed by atoms with Crippen molar-refractivity contribution in [3.63, 3.8) is 0 Å². The molecule has 0 unspecified atom stereocenters. The average Bonchev–Trinajstić information content (AvgIpc) is 2.56. The van der Waals surface area contributed by atoms with E-state index in [1.165, 1.54) is 6.92 Å². The van der Waals surface area contributed by atoms with Gasteiger partial charge >= 0.3 is 0 Å². The minimum absolute atomic E-state index is 0.0681. The van der Waals surface area contributed by atoms with Crippen molar-refractivity contribution in [2.75, 3.05) is 0 Å². The summed E-state index contributed by atoms with van der Waals surface area (Å²) < 4.78 is 1.74. The lowest BCUT2D eigenvalue weighted by Crippen LogP contribution is -2.08. The second-order valence-electron chi connectivity index (χ2n) is 3.20. The van der Waals surface area contributed by atoms with Crippen LogP contribution in [0.15, 0.2) is 6.07 Å². The molecule has 0 atom stereocenters. The van der Waals surface area contributed by atoms with E-state index in [4.69, 9.17) is 11.7 Å². The predicted octanol–water partition coefficient (Wildman–Crippen LogP) is 1.76. The van der Waals surface area contributed by atoms with Crippen LogP contribution >= 0.6 is 0 Å². The molecule has 0 N–H and O–H groups in total. The number of nitriles is 1. The molecule has 1 aromatic rings. The van der Waals surface area contributed by atoms with Crippen LogP contribution in [0, 0.1) is 23.7 Å². The van der Waals surface area contributed by atoms with Crippen molar-refractivity contribution in [2.24, 2.45) is 0 Å². The monoisotopic (exact) mass is 200 g/mol. The lowest BCUT2D eigenvalue weighted by molar-refractivity contribution is 0.100. The van der Waals surface area contributed by atoms with Crippen LogP contribution in [0.2, 0.25) is 0 Å². The number of carbonyl (C=O) groups is 1. The largest absolute Gasteiger partial charge is 0.329 e. The van der Waals surface area contributed by atoms with Crippen LogP contribution in [0.5, 0.6) is 0 Å². The Bertz CT molecular complexity index is 469. The fraction of sp³-hybridized carbons (Fsp3) is 0.333. The Labute approximate surface area is 89.3 Å². The van der Waals surface area contributed by atoms with E-state index in [2.05, 4.69) is 12.0 Å². The summed E-state index contributed by atoms with van der Waals surface area (Å²) in [6.07, 6.45) is 5.93. The molecule has 1 aromatic heterocycles. The Balaban J connectivity index is 3.42. The Hall–Kier alpha value is -2.00. The molecule has 1 heterocycles. The summed E-state index contributed by atoms with van der Waals surface area (Å²) in [6, 6.07) is 3.69. The van der Waals surface area contributed by atoms with Gasteiger partial charge in [0, 0.05) is 12.6 Å². The van der Waals surface area contributed by atoms with E-state index < -0.39 is 0 Å². The molecule has 3 heteroatoms. The number of carbonyl (C=O) groups excluding carboxylic acids is 1. The van der Waals surface area contributed by atoms with Gasteiger partial charge in [0.05, 0.1) is 17.8 Å². The van der Waals surface area contributed by atoms with Gasteiger partial charge < -0.3 is 4.57 Å². The first-order valence-corrected chi connectivity index (χ1v) is 4.72. The average molecular weight is 200 g/mol.